The zero-order valence-electron chi connectivity index (χ0n) is 7.31. The van der Waals surface area contributed by atoms with Gasteiger partial charge in [0.1, 0.15) is 6.04 Å². The summed E-state index contributed by atoms with van der Waals surface area (Å²) in [6, 6.07) is 2.62. The highest BCUT2D eigenvalue weighted by molar-refractivity contribution is 9.11. The SMILES string of the molecule is CC(C(=O)O)N(C=O)c1ccc(Br)s1. The summed E-state index contributed by atoms with van der Waals surface area (Å²) >= 11 is 4.56. The molecule has 0 saturated heterocycles. The summed E-state index contributed by atoms with van der Waals surface area (Å²) in [4.78, 5) is 22.6. The van der Waals surface area contributed by atoms with E-state index in [2.05, 4.69) is 15.9 Å². The average Bonchev–Trinajstić information content (AvgIpc) is 2.53. The Morgan fingerprint density at radius 1 is 1.71 bits per heavy atom. The van der Waals surface area contributed by atoms with Crippen LogP contribution in [0, 0.1) is 0 Å². The molecule has 1 unspecified atom stereocenters. The first-order valence-electron chi connectivity index (χ1n) is 3.78. The van der Waals surface area contributed by atoms with E-state index in [0.29, 0.717) is 11.4 Å². The van der Waals surface area contributed by atoms with Crippen LogP contribution in [0.5, 0.6) is 0 Å². The summed E-state index contributed by atoms with van der Waals surface area (Å²) < 4.78 is 0.858. The van der Waals surface area contributed by atoms with Crippen LogP contribution in [0.3, 0.4) is 0 Å². The van der Waals surface area contributed by atoms with Crippen LogP contribution in [-0.2, 0) is 9.59 Å². The van der Waals surface area contributed by atoms with Gasteiger partial charge >= 0.3 is 5.97 Å². The summed E-state index contributed by atoms with van der Waals surface area (Å²) in [6.45, 7) is 1.46. The molecule has 1 amide bonds. The lowest BCUT2D eigenvalue weighted by molar-refractivity contribution is -0.138. The maximum Gasteiger partial charge on any atom is 0.326 e. The van der Waals surface area contributed by atoms with Gasteiger partial charge in [-0.05, 0) is 35.0 Å². The van der Waals surface area contributed by atoms with Gasteiger partial charge in [-0.1, -0.05) is 0 Å². The highest BCUT2D eigenvalue weighted by Gasteiger charge is 2.21. The Morgan fingerprint density at radius 3 is 2.71 bits per heavy atom. The van der Waals surface area contributed by atoms with Crippen LogP contribution < -0.4 is 4.90 Å². The van der Waals surface area contributed by atoms with Crippen LogP contribution in [0.15, 0.2) is 15.9 Å². The molecule has 0 bridgehead atoms. The van der Waals surface area contributed by atoms with Gasteiger partial charge in [0.05, 0.1) is 8.79 Å². The summed E-state index contributed by atoms with van der Waals surface area (Å²) in [5, 5.41) is 9.36. The van der Waals surface area contributed by atoms with Crippen molar-refractivity contribution in [3.8, 4) is 0 Å². The van der Waals surface area contributed by atoms with Gasteiger partial charge in [0.2, 0.25) is 6.41 Å². The summed E-state index contributed by atoms with van der Waals surface area (Å²) in [5.41, 5.74) is 0. The molecule has 1 N–H and O–H groups in total. The van der Waals surface area contributed by atoms with E-state index in [1.165, 1.54) is 23.2 Å². The number of thiophene rings is 1. The van der Waals surface area contributed by atoms with Gasteiger partial charge < -0.3 is 5.11 Å². The first-order chi connectivity index (χ1) is 6.56. The number of carboxylic acids is 1. The zero-order valence-corrected chi connectivity index (χ0v) is 9.71. The molecule has 76 valence electrons. The predicted octanol–water partition coefficient (Wildman–Crippen LogP) is 1.95. The lowest BCUT2D eigenvalue weighted by Crippen LogP contribution is -2.37. The third kappa shape index (κ3) is 2.33. The van der Waals surface area contributed by atoms with Gasteiger partial charge in [0.15, 0.2) is 0 Å². The maximum atomic E-state index is 10.7. The lowest BCUT2D eigenvalue weighted by atomic mass is 10.3. The fourth-order valence-electron chi connectivity index (χ4n) is 0.897. The minimum atomic E-state index is -1.03. The van der Waals surface area contributed by atoms with E-state index in [4.69, 9.17) is 5.11 Å². The number of hydrogen-bond donors (Lipinski definition) is 1. The molecule has 0 fully saturated rings. The van der Waals surface area contributed by atoms with Gasteiger partial charge in [0, 0.05) is 0 Å². The molecule has 0 spiro atoms. The normalized spacial score (nSPS) is 12.1. The Morgan fingerprint density at radius 2 is 2.36 bits per heavy atom. The quantitative estimate of drug-likeness (QED) is 0.856. The molecule has 1 rings (SSSR count). The third-order valence-electron chi connectivity index (χ3n) is 1.70. The molecule has 0 saturated carbocycles. The lowest BCUT2D eigenvalue weighted by Gasteiger charge is -2.19. The van der Waals surface area contributed by atoms with E-state index in [9.17, 15) is 9.59 Å². The number of aliphatic carboxylic acids is 1. The summed E-state index contributed by atoms with van der Waals surface area (Å²) in [5.74, 6) is -1.03. The number of rotatable bonds is 4. The maximum absolute atomic E-state index is 10.7. The second-order valence-electron chi connectivity index (χ2n) is 2.60. The van der Waals surface area contributed by atoms with Crippen molar-refractivity contribution in [2.24, 2.45) is 0 Å². The monoisotopic (exact) mass is 277 g/mol. The van der Waals surface area contributed by atoms with E-state index in [0.717, 1.165) is 3.79 Å². The van der Waals surface area contributed by atoms with Crippen molar-refractivity contribution in [3.05, 3.63) is 15.9 Å². The van der Waals surface area contributed by atoms with Crippen LogP contribution in [0.4, 0.5) is 5.00 Å². The largest absolute Gasteiger partial charge is 0.480 e. The molecule has 0 radical (unpaired) electrons. The van der Waals surface area contributed by atoms with Crippen molar-refractivity contribution in [2.45, 2.75) is 13.0 Å². The van der Waals surface area contributed by atoms with Crippen molar-refractivity contribution in [1.29, 1.82) is 0 Å². The first-order valence-corrected chi connectivity index (χ1v) is 5.39. The van der Waals surface area contributed by atoms with Crippen LogP contribution in [-0.4, -0.2) is 23.5 Å². The predicted molar refractivity (Wildman–Crippen MR) is 57.7 cm³/mol. The fourth-order valence-corrected chi connectivity index (χ4v) is 2.30. The van der Waals surface area contributed by atoms with E-state index in [1.54, 1.807) is 12.1 Å². The summed E-state index contributed by atoms with van der Waals surface area (Å²) in [7, 11) is 0. The van der Waals surface area contributed by atoms with Gasteiger partial charge in [-0.25, -0.2) is 4.79 Å². The van der Waals surface area contributed by atoms with Gasteiger partial charge in [-0.3, -0.25) is 9.69 Å². The number of carbonyl (C=O) groups excluding carboxylic acids is 1. The fraction of sp³-hybridized carbons (Fsp3) is 0.250. The second kappa shape index (κ2) is 4.56. The minimum absolute atomic E-state index is 0.525. The molecule has 1 atom stereocenters. The van der Waals surface area contributed by atoms with E-state index in [-0.39, 0.29) is 0 Å². The molecule has 4 nitrogen and oxygen atoms in total. The molecule has 1 aromatic heterocycles. The van der Waals surface area contributed by atoms with Crippen LogP contribution in [0.2, 0.25) is 0 Å². The Balaban J connectivity index is 2.92. The smallest absolute Gasteiger partial charge is 0.326 e. The number of halogens is 1. The van der Waals surface area contributed by atoms with Crippen molar-refractivity contribution in [2.75, 3.05) is 4.90 Å². The summed E-state index contributed by atoms with van der Waals surface area (Å²) in [6.07, 6.45) is 0.525. The van der Waals surface area contributed by atoms with Crippen molar-refractivity contribution in [3.63, 3.8) is 0 Å². The molecule has 0 aromatic carbocycles. The third-order valence-corrected chi connectivity index (χ3v) is 3.34. The first kappa shape index (κ1) is 11.2. The molecule has 14 heavy (non-hydrogen) atoms. The zero-order chi connectivity index (χ0) is 10.7. The van der Waals surface area contributed by atoms with Crippen molar-refractivity contribution in [1.82, 2.24) is 0 Å². The van der Waals surface area contributed by atoms with Crippen LogP contribution >= 0.6 is 27.3 Å². The number of anilines is 1. The van der Waals surface area contributed by atoms with E-state index >= 15 is 0 Å². The molecule has 0 aliphatic rings. The van der Waals surface area contributed by atoms with Crippen LogP contribution in [0.25, 0.3) is 0 Å². The minimum Gasteiger partial charge on any atom is -0.480 e. The average molecular weight is 278 g/mol. The molecule has 1 heterocycles. The standard InChI is InChI=1S/C8H8BrNO3S/c1-5(8(12)13)10(4-11)7-3-2-6(9)14-7/h2-5H,1H3,(H,12,13). The Bertz CT molecular complexity index is 352. The number of amides is 1. The Kier molecular flexibility index (Phi) is 3.65. The Hall–Kier alpha value is -0.880. The highest BCUT2D eigenvalue weighted by atomic mass is 79.9. The van der Waals surface area contributed by atoms with Gasteiger partial charge in [-0.2, -0.15) is 0 Å². The highest BCUT2D eigenvalue weighted by Crippen LogP contribution is 2.30. The van der Waals surface area contributed by atoms with Gasteiger partial charge in [-0.15, -0.1) is 11.3 Å². The second-order valence-corrected chi connectivity index (χ2v) is 5.05. The number of carboxylic acid groups (broad SMARTS) is 1. The van der Waals surface area contributed by atoms with Crippen LogP contribution in [0.1, 0.15) is 6.92 Å². The topological polar surface area (TPSA) is 57.6 Å². The van der Waals surface area contributed by atoms with Crippen molar-refractivity contribution < 1.29 is 14.7 Å². The molecular weight excluding hydrogens is 270 g/mol. The number of carbonyl (C=O) groups is 2. The molecule has 6 heteroatoms. The van der Waals surface area contributed by atoms with E-state index < -0.39 is 12.0 Å². The van der Waals surface area contributed by atoms with Crippen molar-refractivity contribution >= 4 is 44.6 Å². The molecule has 0 aliphatic heterocycles. The number of hydrogen-bond acceptors (Lipinski definition) is 3. The molecular formula is C8H8BrNO3S. The number of nitrogens with zero attached hydrogens (tertiary/aromatic N) is 1. The van der Waals surface area contributed by atoms with Gasteiger partial charge in [0.25, 0.3) is 0 Å². The molecule has 0 aliphatic carbocycles. The Labute approximate surface area is 93.3 Å². The molecule has 1 aromatic rings. The van der Waals surface area contributed by atoms with E-state index in [1.807, 2.05) is 0 Å².